The number of halogens is 1. The molecule has 6 heteroatoms. The van der Waals surface area contributed by atoms with Crippen LogP contribution in [0.1, 0.15) is 31.2 Å². The van der Waals surface area contributed by atoms with Gasteiger partial charge in [0.2, 0.25) is 10.0 Å². The first-order valence-electron chi connectivity index (χ1n) is 6.71. The van der Waals surface area contributed by atoms with Gasteiger partial charge in [-0.05, 0) is 30.5 Å². The van der Waals surface area contributed by atoms with E-state index in [2.05, 4.69) is 0 Å². The Hall–Kier alpha value is -0.780. The molecule has 1 aromatic carbocycles. The van der Waals surface area contributed by atoms with Crippen LogP contribution in [0.4, 0.5) is 0 Å². The molecule has 0 saturated heterocycles. The zero-order valence-corrected chi connectivity index (χ0v) is 13.4. The molecule has 0 atom stereocenters. The molecule has 1 fully saturated rings. The van der Waals surface area contributed by atoms with E-state index in [9.17, 15) is 8.42 Å². The first-order valence-corrected chi connectivity index (χ1v) is 8.69. The fourth-order valence-corrected chi connectivity index (χ4v) is 4.41. The van der Waals surface area contributed by atoms with Crippen LogP contribution in [0.3, 0.4) is 0 Å². The molecule has 0 aromatic heterocycles. The van der Waals surface area contributed by atoms with E-state index >= 15 is 0 Å². The maximum absolute atomic E-state index is 12.8. The fourth-order valence-electron chi connectivity index (χ4n) is 2.63. The lowest BCUT2D eigenvalue weighted by Crippen LogP contribution is -2.35. The smallest absolute Gasteiger partial charge is 0.246 e. The molecule has 0 radical (unpaired) electrons. The lowest BCUT2D eigenvalue weighted by molar-refractivity contribution is 0.365. The summed E-state index contributed by atoms with van der Waals surface area (Å²) in [5.74, 6) is 0.642. The molecule has 1 saturated carbocycles. The van der Waals surface area contributed by atoms with E-state index in [0.717, 1.165) is 31.2 Å². The lowest BCUT2D eigenvalue weighted by atomic mass is 10.2. The van der Waals surface area contributed by atoms with Crippen molar-refractivity contribution >= 4 is 21.6 Å². The molecule has 1 aliphatic carbocycles. The van der Waals surface area contributed by atoms with Crippen LogP contribution in [0.2, 0.25) is 0 Å². The third-order valence-electron chi connectivity index (χ3n) is 3.88. The van der Waals surface area contributed by atoms with Gasteiger partial charge in [0.1, 0.15) is 10.6 Å². The molecule has 20 heavy (non-hydrogen) atoms. The first kappa shape index (κ1) is 15.6. The van der Waals surface area contributed by atoms with Crippen LogP contribution in [-0.4, -0.2) is 32.9 Å². The average molecular weight is 318 g/mol. The second-order valence-electron chi connectivity index (χ2n) is 5.08. The largest absolute Gasteiger partial charge is 0.495 e. The Labute approximate surface area is 125 Å². The lowest BCUT2D eigenvalue weighted by Gasteiger charge is -2.24. The number of nitrogens with zero attached hydrogens (tertiary/aromatic N) is 1. The van der Waals surface area contributed by atoms with E-state index in [4.69, 9.17) is 16.3 Å². The first-order chi connectivity index (χ1) is 9.50. The molecule has 0 aliphatic heterocycles. The van der Waals surface area contributed by atoms with Crippen molar-refractivity contribution in [1.82, 2.24) is 4.31 Å². The molecule has 0 heterocycles. The van der Waals surface area contributed by atoms with Crippen molar-refractivity contribution in [2.45, 2.75) is 42.5 Å². The predicted octanol–water partition coefficient (Wildman–Crippen LogP) is 3.00. The quantitative estimate of drug-likeness (QED) is 0.784. The van der Waals surface area contributed by atoms with E-state index in [-0.39, 0.29) is 16.8 Å². The highest BCUT2D eigenvalue weighted by atomic mass is 35.5. The number of alkyl halides is 1. The molecule has 1 aliphatic rings. The van der Waals surface area contributed by atoms with Gasteiger partial charge in [-0.15, -0.1) is 11.6 Å². The van der Waals surface area contributed by atoms with E-state index in [0.29, 0.717) is 5.75 Å². The van der Waals surface area contributed by atoms with Crippen LogP contribution in [0, 0.1) is 0 Å². The van der Waals surface area contributed by atoms with Crippen molar-refractivity contribution in [1.29, 1.82) is 0 Å². The van der Waals surface area contributed by atoms with Crippen LogP contribution >= 0.6 is 11.6 Å². The second-order valence-corrected chi connectivity index (χ2v) is 7.31. The second kappa shape index (κ2) is 6.33. The Morgan fingerprint density at radius 2 is 2.00 bits per heavy atom. The van der Waals surface area contributed by atoms with Crippen molar-refractivity contribution in [3.63, 3.8) is 0 Å². The van der Waals surface area contributed by atoms with Gasteiger partial charge >= 0.3 is 0 Å². The average Bonchev–Trinajstić information content (AvgIpc) is 2.99. The number of benzene rings is 1. The van der Waals surface area contributed by atoms with Crippen molar-refractivity contribution in [2.24, 2.45) is 0 Å². The molecule has 0 unspecified atom stereocenters. The van der Waals surface area contributed by atoms with Gasteiger partial charge in [-0.3, -0.25) is 0 Å². The van der Waals surface area contributed by atoms with Gasteiger partial charge in [-0.1, -0.05) is 18.9 Å². The maximum atomic E-state index is 12.8. The molecule has 4 nitrogen and oxygen atoms in total. The van der Waals surface area contributed by atoms with Crippen molar-refractivity contribution in [3.05, 3.63) is 23.8 Å². The zero-order chi connectivity index (χ0) is 14.8. The number of rotatable bonds is 5. The van der Waals surface area contributed by atoms with E-state index in [1.165, 1.54) is 11.4 Å². The Morgan fingerprint density at radius 1 is 1.35 bits per heavy atom. The predicted molar refractivity (Wildman–Crippen MR) is 79.8 cm³/mol. The molecule has 1 aromatic rings. The third-order valence-corrected chi connectivity index (χ3v) is 6.12. The fraction of sp³-hybridized carbons (Fsp3) is 0.571. The molecule has 112 valence electrons. The topological polar surface area (TPSA) is 46.6 Å². The van der Waals surface area contributed by atoms with Crippen LogP contribution in [0.5, 0.6) is 5.75 Å². The number of methoxy groups -OCH3 is 1. The van der Waals surface area contributed by atoms with Gasteiger partial charge in [0.15, 0.2) is 0 Å². The number of hydrogen-bond acceptors (Lipinski definition) is 3. The molecule has 0 bridgehead atoms. The summed E-state index contributed by atoms with van der Waals surface area (Å²) in [6.07, 6.45) is 4.02. The summed E-state index contributed by atoms with van der Waals surface area (Å²) >= 11 is 5.80. The van der Waals surface area contributed by atoms with Crippen molar-refractivity contribution < 1.29 is 13.2 Å². The highest BCUT2D eigenvalue weighted by Crippen LogP contribution is 2.32. The Bertz CT molecular complexity index is 568. The third kappa shape index (κ3) is 2.95. The Balaban J connectivity index is 2.41. The van der Waals surface area contributed by atoms with Gasteiger partial charge in [0.05, 0.1) is 7.11 Å². The van der Waals surface area contributed by atoms with Gasteiger partial charge in [-0.2, -0.15) is 4.31 Å². The van der Waals surface area contributed by atoms with Crippen LogP contribution < -0.4 is 4.74 Å². The minimum atomic E-state index is -3.55. The van der Waals surface area contributed by atoms with Crippen LogP contribution in [-0.2, 0) is 15.9 Å². The van der Waals surface area contributed by atoms with E-state index in [1.54, 1.807) is 25.2 Å². The monoisotopic (exact) mass is 317 g/mol. The molecule has 2 rings (SSSR count). The summed E-state index contributed by atoms with van der Waals surface area (Å²) in [6.45, 7) is 0. The summed E-state index contributed by atoms with van der Waals surface area (Å²) in [5, 5.41) is 0. The number of hydrogen-bond donors (Lipinski definition) is 0. The Kier molecular flexibility index (Phi) is 4.94. The van der Waals surface area contributed by atoms with Crippen LogP contribution in [0.25, 0.3) is 0 Å². The molecule has 0 N–H and O–H groups in total. The SMILES string of the molecule is COc1ccc(CCl)cc1S(=O)(=O)N(C)C1CCCC1. The van der Waals surface area contributed by atoms with E-state index < -0.39 is 10.0 Å². The summed E-state index contributed by atoms with van der Waals surface area (Å²) in [7, 11) is -0.421. The maximum Gasteiger partial charge on any atom is 0.246 e. The van der Waals surface area contributed by atoms with Gasteiger partial charge in [0.25, 0.3) is 0 Å². The van der Waals surface area contributed by atoms with Crippen molar-refractivity contribution in [2.75, 3.05) is 14.2 Å². The number of ether oxygens (including phenoxy) is 1. The molecular formula is C14H20ClNO3S. The number of sulfonamides is 1. The van der Waals surface area contributed by atoms with Crippen molar-refractivity contribution in [3.8, 4) is 5.75 Å². The van der Waals surface area contributed by atoms with E-state index in [1.807, 2.05) is 0 Å². The van der Waals surface area contributed by atoms with Gasteiger partial charge < -0.3 is 4.74 Å². The van der Waals surface area contributed by atoms with Gasteiger partial charge in [0, 0.05) is 19.0 Å². The molecule has 0 spiro atoms. The Morgan fingerprint density at radius 3 is 2.55 bits per heavy atom. The minimum absolute atomic E-state index is 0.0874. The normalized spacial score (nSPS) is 16.8. The summed E-state index contributed by atoms with van der Waals surface area (Å²) < 4.78 is 32.2. The summed E-state index contributed by atoms with van der Waals surface area (Å²) in [5.41, 5.74) is 0.769. The molecular weight excluding hydrogens is 298 g/mol. The zero-order valence-electron chi connectivity index (χ0n) is 11.8. The summed E-state index contributed by atoms with van der Waals surface area (Å²) in [6, 6.07) is 5.13. The van der Waals surface area contributed by atoms with Gasteiger partial charge in [-0.25, -0.2) is 8.42 Å². The highest BCUT2D eigenvalue weighted by molar-refractivity contribution is 7.89. The highest BCUT2D eigenvalue weighted by Gasteiger charge is 2.32. The standard InChI is InChI=1S/C14H20ClNO3S/c1-16(12-5-3-4-6-12)20(17,18)14-9-11(10-15)7-8-13(14)19-2/h7-9,12H,3-6,10H2,1-2H3. The van der Waals surface area contributed by atoms with Crippen LogP contribution in [0.15, 0.2) is 23.1 Å². The minimum Gasteiger partial charge on any atom is -0.495 e. The summed E-state index contributed by atoms with van der Waals surface area (Å²) in [4.78, 5) is 0.201. The molecule has 0 amide bonds.